The maximum Gasteiger partial charge on any atom is 0.277 e. The quantitative estimate of drug-likeness (QED) is 0.150. The maximum atomic E-state index is 12.4. The Kier molecular flexibility index (Phi) is 5.64. The van der Waals surface area contributed by atoms with Gasteiger partial charge in [-0.2, -0.15) is 0 Å². The minimum Gasteiger partial charge on any atom is -0.309 e. The number of hydrogen-bond acceptors (Lipinski definition) is 3. The summed E-state index contributed by atoms with van der Waals surface area (Å²) in [6, 6.07) is 49.7. The van der Waals surface area contributed by atoms with Gasteiger partial charge in [0.1, 0.15) is 0 Å². The smallest absolute Gasteiger partial charge is 0.277 e. The number of hydrogen-bond donors (Lipinski definition) is 0. The molecule has 0 fully saturated rings. The summed E-state index contributed by atoms with van der Waals surface area (Å²) < 4.78 is 4.63. The summed E-state index contributed by atoms with van der Waals surface area (Å²) in [5.41, 5.74) is 6.93. The fraction of sp³-hybridized carbons (Fsp3) is 0. The third kappa shape index (κ3) is 3.91. The van der Waals surface area contributed by atoms with Gasteiger partial charge in [0.15, 0.2) is 0 Å². The van der Waals surface area contributed by atoms with Gasteiger partial charge in [0.2, 0.25) is 0 Å². The Morgan fingerprint density at radius 1 is 0.511 bits per heavy atom. The van der Waals surface area contributed by atoms with Crippen molar-refractivity contribution in [3.63, 3.8) is 0 Å². The molecule has 212 valence electrons. The van der Waals surface area contributed by atoms with Crippen LogP contribution in [0.2, 0.25) is 0 Å². The Bertz CT molecular complexity index is 2630. The Labute approximate surface area is 262 Å². The zero-order chi connectivity index (χ0) is 30.1. The van der Waals surface area contributed by atoms with E-state index in [1.165, 1.54) is 20.9 Å². The van der Waals surface area contributed by atoms with Crippen molar-refractivity contribution in [2.45, 2.75) is 0 Å². The number of para-hydroxylation sites is 2. The number of benzene rings is 7. The molecule has 5 heteroatoms. The number of rotatable bonds is 4. The first-order valence-corrected chi connectivity index (χ1v) is 15.7. The number of nitrogens with zero attached hydrogens (tertiary/aromatic N) is 2. The number of thiophene rings is 1. The highest BCUT2D eigenvalue weighted by Crippen LogP contribution is 2.45. The first-order valence-electron chi connectivity index (χ1n) is 14.9. The van der Waals surface area contributed by atoms with Crippen LogP contribution in [0.5, 0.6) is 0 Å². The molecule has 0 aliphatic rings. The maximum absolute atomic E-state index is 12.4. The van der Waals surface area contributed by atoms with Crippen molar-refractivity contribution in [3.05, 3.63) is 156 Å². The highest BCUT2D eigenvalue weighted by Gasteiger charge is 2.21. The van der Waals surface area contributed by atoms with Gasteiger partial charge in [-0.05, 0) is 82.1 Å². The molecule has 0 atom stereocenters. The molecule has 0 saturated heterocycles. The Morgan fingerprint density at radius 2 is 1.16 bits per heavy atom. The zero-order valence-corrected chi connectivity index (χ0v) is 24.8. The summed E-state index contributed by atoms with van der Waals surface area (Å²) in [6.07, 6.45) is 0. The average molecular weight is 597 g/mol. The average Bonchev–Trinajstić information content (AvgIpc) is 3.63. The van der Waals surface area contributed by atoms with Gasteiger partial charge in [-0.3, -0.25) is 10.1 Å². The Morgan fingerprint density at radius 3 is 1.98 bits per heavy atom. The van der Waals surface area contributed by atoms with Gasteiger partial charge in [0, 0.05) is 42.7 Å². The molecular formula is C40H24N2O2S. The third-order valence-electron chi connectivity index (χ3n) is 8.89. The van der Waals surface area contributed by atoms with E-state index in [1.54, 1.807) is 17.4 Å². The number of nitro groups is 1. The summed E-state index contributed by atoms with van der Waals surface area (Å²) in [5, 5.41) is 19.3. The summed E-state index contributed by atoms with van der Waals surface area (Å²) in [4.78, 5) is 12.2. The number of aromatic nitrogens is 1. The van der Waals surface area contributed by atoms with E-state index in [9.17, 15) is 10.1 Å². The van der Waals surface area contributed by atoms with Gasteiger partial charge in [-0.25, -0.2) is 0 Å². The van der Waals surface area contributed by atoms with Crippen LogP contribution in [0.3, 0.4) is 0 Å². The molecule has 0 radical (unpaired) electrons. The number of fused-ring (bicyclic) bond motifs is 8. The van der Waals surface area contributed by atoms with E-state index in [0.29, 0.717) is 5.56 Å². The molecule has 0 spiro atoms. The van der Waals surface area contributed by atoms with Gasteiger partial charge < -0.3 is 4.57 Å². The van der Waals surface area contributed by atoms with E-state index in [0.717, 1.165) is 54.3 Å². The summed E-state index contributed by atoms with van der Waals surface area (Å²) in [7, 11) is 0. The van der Waals surface area contributed by atoms with Crippen LogP contribution in [0.4, 0.5) is 5.69 Å². The predicted octanol–water partition coefficient (Wildman–Crippen LogP) is 11.5. The molecule has 0 N–H and O–H groups in total. The van der Waals surface area contributed by atoms with Crippen LogP contribution in [0.15, 0.2) is 146 Å². The molecule has 0 bridgehead atoms. The minimum atomic E-state index is -0.264. The monoisotopic (exact) mass is 596 g/mol. The largest absolute Gasteiger partial charge is 0.309 e. The first kappa shape index (κ1) is 25.7. The molecule has 0 amide bonds. The topological polar surface area (TPSA) is 48.1 Å². The Hall–Kier alpha value is -5.78. The van der Waals surface area contributed by atoms with E-state index in [1.807, 2.05) is 30.3 Å². The molecule has 0 aliphatic carbocycles. The van der Waals surface area contributed by atoms with Crippen LogP contribution in [0.1, 0.15) is 0 Å². The predicted molar refractivity (Wildman–Crippen MR) is 189 cm³/mol. The normalized spacial score (nSPS) is 11.7. The van der Waals surface area contributed by atoms with Crippen LogP contribution in [0, 0.1) is 10.1 Å². The van der Waals surface area contributed by atoms with Crippen molar-refractivity contribution in [2.24, 2.45) is 0 Å². The van der Waals surface area contributed by atoms with E-state index >= 15 is 0 Å². The Balaban J connectivity index is 1.29. The fourth-order valence-electron chi connectivity index (χ4n) is 6.91. The molecule has 9 aromatic rings. The summed E-state index contributed by atoms with van der Waals surface area (Å²) in [5.74, 6) is 0. The fourth-order valence-corrected chi connectivity index (χ4v) is 8.07. The van der Waals surface area contributed by atoms with Crippen LogP contribution >= 0.6 is 11.3 Å². The lowest BCUT2D eigenvalue weighted by atomic mass is 9.92. The van der Waals surface area contributed by atoms with Crippen molar-refractivity contribution in [1.82, 2.24) is 4.57 Å². The molecule has 45 heavy (non-hydrogen) atoms. The molecule has 4 nitrogen and oxygen atoms in total. The van der Waals surface area contributed by atoms with Crippen LogP contribution < -0.4 is 0 Å². The van der Waals surface area contributed by atoms with E-state index in [2.05, 4.69) is 114 Å². The van der Waals surface area contributed by atoms with Crippen LogP contribution in [-0.4, -0.2) is 9.49 Å². The van der Waals surface area contributed by atoms with Crippen LogP contribution in [0.25, 0.3) is 80.7 Å². The molecule has 9 rings (SSSR count). The van der Waals surface area contributed by atoms with Crippen LogP contribution in [-0.2, 0) is 0 Å². The number of nitro benzene ring substituents is 1. The lowest BCUT2D eigenvalue weighted by Gasteiger charge is -2.12. The molecule has 2 heterocycles. The van der Waals surface area contributed by atoms with Gasteiger partial charge in [-0.1, -0.05) is 84.9 Å². The second-order valence-electron chi connectivity index (χ2n) is 11.4. The van der Waals surface area contributed by atoms with Crippen molar-refractivity contribution in [2.75, 3.05) is 0 Å². The molecular weight excluding hydrogens is 573 g/mol. The zero-order valence-electron chi connectivity index (χ0n) is 24.0. The second kappa shape index (κ2) is 9.88. The molecule has 0 aliphatic heterocycles. The minimum absolute atomic E-state index is 0.103. The standard InChI is InChI=1S/C40H24N2O2S/c43-42(44)37-21-19-26(25-18-20-36-33(22-25)29-13-6-8-16-35(29)41(36)27-10-2-1-3-11-27)23-34(37)32-24-39-40(30-14-5-4-12-28(30)32)31-15-7-9-17-38(31)45-39/h1-24H. The lowest BCUT2D eigenvalue weighted by molar-refractivity contribution is -0.384. The van der Waals surface area contributed by atoms with Gasteiger partial charge >= 0.3 is 0 Å². The summed E-state index contributed by atoms with van der Waals surface area (Å²) in [6.45, 7) is 0. The van der Waals surface area contributed by atoms with Crippen molar-refractivity contribution >= 4 is 69.8 Å². The van der Waals surface area contributed by atoms with Crippen molar-refractivity contribution in [3.8, 4) is 27.9 Å². The molecule has 7 aromatic carbocycles. The van der Waals surface area contributed by atoms with Gasteiger partial charge in [0.25, 0.3) is 5.69 Å². The van der Waals surface area contributed by atoms with Crippen molar-refractivity contribution in [1.29, 1.82) is 0 Å². The SMILES string of the molecule is O=[N+]([O-])c1ccc(-c2ccc3c(c2)c2ccccc2n3-c2ccccc2)cc1-c1cc2sc3ccccc3c2c2ccccc12. The second-order valence-corrected chi connectivity index (χ2v) is 12.4. The highest BCUT2D eigenvalue weighted by molar-refractivity contribution is 7.26. The lowest BCUT2D eigenvalue weighted by Crippen LogP contribution is -1.94. The summed E-state index contributed by atoms with van der Waals surface area (Å²) >= 11 is 1.73. The van der Waals surface area contributed by atoms with Gasteiger partial charge in [-0.15, -0.1) is 11.3 Å². The van der Waals surface area contributed by atoms with E-state index in [-0.39, 0.29) is 10.6 Å². The van der Waals surface area contributed by atoms with E-state index < -0.39 is 0 Å². The third-order valence-corrected chi connectivity index (χ3v) is 10.0. The van der Waals surface area contributed by atoms with E-state index in [4.69, 9.17) is 0 Å². The molecule has 2 aromatic heterocycles. The first-order chi connectivity index (χ1) is 22.2. The van der Waals surface area contributed by atoms with Crippen molar-refractivity contribution < 1.29 is 4.92 Å². The molecule has 0 saturated carbocycles. The molecule has 0 unspecified atom stereocenters. The van der Waals surface area contributed by atoms with Gasteiger partial charge in [0.05, 0.1) is 21.5 Å². The highest BCUT2D eigenvalue weighted by atomic mass is 32.1.